The molecule has 0 N–H and O–H groups in total. The highest BCUT2D eigenvalue weighted by molar-refractivity contribution is 8.00. The van der Waals surface area contributed by atoms with Gasteiger partial charge in [0.15, 0.2) is 0 Å². The number of fused-ring (bicyclic) bond motifs is 2. The topological polar surface area (TPSA) is 67.9 Å². The Hall–Kier alpha value is -3.45. The van der Waals surface area contributed by atoms with Crippen molar-refractivity contribution >= 4 is 46.9 Å². The summed E-state index contributed by atoms with van der Waals surface area (Å²) in [4.78, 5) is 18.1. The molecule has 0 spiro atoms. The summed E-state index contributed by atoms with van der Waals surface area (Å²) < 4.78 is 0. The van der Waals surface area contributed by atoms with E-state index in [1.54, 1.807) is 58.8 Å². The van der Waals surface area contributed by atoms with Crippen LogP contribution in [-0.4, -0.2) is 12.2 Å². The zero-order valence-electron chi connectivity index (χ0n) is 16.0. The standard InChI is InChI=1S/C24H15N3OS2/c1-29-19-10-11-23-21(13-19)27(20-4-2-3-5-22(20)30-23)24(28)18(15-26)12-16-6-8-17(14-25)9-7-16/h2-13H,1H3/b18-12+. The monoisotopic (exact) mass is 425 g/mol. The number of hydrogen-bond donors (Lipinski definition) is 0. The molecule has 4 rings (SSSR count). The number of para-hydroxylation sites is 1. The number of carbonyl (C=O) groups is 1. The van der Waals surface area contributed by atoms with Crippen molar-refractivity contribution in [3.63, 3.8) is 0 Å². The normalized spacial score (nSPS) is 12.4. The third kappa shape index (κ3) is 3.71. The summed E-state index contributed by atoms with van der Waals surface area (Å²) in [5.41, 5.74) is 2.78. The summed E-state index contributed by atoms with van der Waals surface area (Å²) in [6.07, 6.45) is 3.55. The second-order valence-electron chi connectivity index (χ2n) is 6.45. The van der Waals surface area contributed by atoms with E-state index >= 15 is 0 Å². The summed E-state index contributed by atoms with van der Waals surface area (Å²) in [7, 11) is 0. The molecule has 1 amide bonds. The maximum Gasteiger partial charge on any atom is 0.273 e. The van der Waals surface area contributed by atoms with E-state index in [2.05, 4.69) is 12.1 Å². The molecule has 0 saturated heterocycles. The van der Waals surface area contributed by atoms with Crippen molar-refractivity contribution in [1.29, 1.82) is 10.5 Å². The highest BCUT2D eigenvalue weighted by atomic mass is 32.2. The number of hydrogen-bond acceptors (Lipinski definition) is 5. The Bertz CT molecular complexity index is 1250. The summed E-state index contributed by atoms with van der Waals surface area (Å²) in [5.74, 6) is -0.380. The molecular weight excluding hydrogens is 410 g/mol. The largest absolute Gasteiger partial charge is 0.274 e. The Morgan fingerprint density at radius 2 is 1.73 bits per heavy atom. The fraction of sp³-hybridized carbons (Fsp3) is 0.0417. The van der Waals surface area contributed by atoms with Crippen LogP contribution in [-0.2, 0) is 4.79 Å². The van der Waals surface area contributed by atoms with Crippen molar-refractivity contribution in [3.05, 3.63) is 83.4 Å². The van der Waals surface area contributed by atoms with Gasteiger partial charge in [0.05, 0.1) is 23.0 Å². The van der Waals surface area contributed by atoms with Crippen molar-refractivity contribution in [2.75, 3.05) is 11.2 Å². The number of carbonyl (C=O) groups excluding carboxylic acids is 1. The molecule has 0 atom stereocenters. The molecule has 0 radical (unpaired) electrons. The summed E-state index contributed by atoms with van der Waals surface area (Å²) in [6, 6.07) is 24.6. The van der Waals surface area contributed by atoms with E-state index in [1.807, 2.05) is 48.7 Å². The van der Waals surface area contributed by atoms with E-state index in [0.29, 0.717) is 11.1 Å². The Morgan fingerprint density at radius 3 is 2.43 bits per heavy atom. The fourth-order valence-corrected chi connectivity index (χ4v) is 4.64. The molecule has 1 aliphatic heterocycles. The van der Waals surface area contributed by atoms with Crippen LogP contribution in [0.3, 0.4) is 0 Å². The van der Waals surface area contributed by atoms with Crippen LogP contribution < -0.4 is 4.90 Å². The van der Waals surface area contributed by atoms with Gasteiger partial charge in [0.25, 0.3) is 5.91 Å². The highest BCUT2D eigenvalue weighted by Crippen LogP contribution is 2.49. The second-order valence-corrected chi connectivity index (χ2v) is 8.41. The molecule has 1 aliphatic rings. The van der Waals surface area contributed by atoms with Gasteiger partial charge in [0, 0.05) is 14.7 Å². The Kier molecular flexibility index (Phi) is 5.63. The minimum Gasteiger partial charge on any atom is -0.274 e. The predicted molar refractivity (Wildman–Crippen MR) is 121 cm³/mol. The summed E-state index contributed by atoms with van der Waals surface area (Å²) in [6.45, 7) is 0. The first-order valence-corrected chi connectivity index (χ1v) is 11.1. The first-order valence-electron chi connectivity index (χ1n) is 9.06. The van der Waals surface area contributed by atoms with Gasteiger partial charge in [0.2, 0.25) is 0 Å². The van der Waals surface area contributed by atoms with E-state index < -0.39 is 0 Å². The van der Waals surface area contributed by atoms with E-state index in [-0.39, 0.29) is 11.5 Å². The minimum atomic E-state index is -0.380. The van der Waals surface area contributed by atoms with Crippen LogP contribution in [0.15, 0.2) is 87.0 Å². The molecule has 3 aromatic carbocycles. The molecule has 6 heteroatoms. The van der Waals surface area contributed by atoms with Crippen molar-refractivity contribution < 1.29 is 4.79 Å². The molecule has 0 fully saturated rings. The number of nitrogens with zero attached hydrogens (tertiary/aromatic N) is 3. The average molecular weight is 426 g/mol. The van der Waals surface area contributed by atoms with Gasteiger partial charge in [-0.1, -0.05) is 36.0 Å². The fourth-order valence-electron chi connectivity index (χ4n) is 3.16. The Labute approximate surface area is 183 Å². The predicted octanol–water partition coefficient (Wildman–Crippen LogP) is 6.02. The maximum atomic E-state index is 13.5. The number of rotatable bonds is 3. The number of nitriles is 2. The van der Waals surface area contributed by atoms with Crippen LogP contribution >= 0.6 is 23.5 Å². The zero-order valence-corrected chi connectivity index (χ0v) is 17.6. The first kappa shape index (κ1) is 19.8. The molecule has 0 aliphatic carbocycles. The molecule has 0 saturated carbocycles. The van der Waals surface area contributed by atoms with Crippen molar-refractivity contribution in [1.82, 2.24) is 0 Å². The smallest absolute Gasteiger partial charge is 0.273 e. The van der Waals surface area contributed by atoms with Crippen molar-refractivity contribution in [2.45, 2.75) is 14.7 Å². The number of anilines is 2. The lowest BCUT2D eigenvalue weighted by Crippen LogP contribution is -2.29. The Balaban J connectivity index is 1.82. The molecule has 4 nitrogen and oxygen atoms in total. The lowest BCUT2D eigenvalue weighted by atomic mass is 10.1. The van der Waals surface area contributed by atoms with E-state index in [9.17, 15) is 10.1 Å². The van der Waals surface area contributed by atoms with Crippen molar-refractivity contribution in [2.24, 2.45) is 0 Å². The number of amides is 1. The third-order valence-electron chi connectivity index (χ3n) is 4.64. The third-order valence-corrected chi connectivity index (χ3v) is 6.49. The van der Waals surface area contributed by atoms with Crippen LogP contribution in [0.5, 0.6) is 0 Å². The van der Waals surface area contributed by atoms with Gasteiger partial charge in [-0.3, -0.25) is 9.69 Å². The van der Waals surface area contributed by atoms with Crippen LogP contribution in [0, 0.1) is 22.7 Å². The van der Waals surface area contributed by atoms with Gasteiger partial charge >= 0.3 is 0 Å². The number of benzene rings is 3. The molecule has 0 bridgehead atoms. The second kappa shape index (κ2) is 8.51. The SMILES string of the molecule is CSc1ccc2c(c1)N(C(=O)/C(C#N)=C/c1ccc(C#N)cc1)c1ccccc1S2. The van der Waals surface area contributed by atoms with Crippen LogP contribution in [0.4, 0.5) is 11.4 Å². The van der Waals surface area contributed by atoms with E-state index in [0.717, 1.165) is 26.1 Å². The molecular formula is C24H15N3OS2. The molecule has 0 aromatic heterocycles. The lowest BCUT2D eigenvalue weighted by molar-refractivity contribution is -0.114. The Morgan fingerprint density at radius 1 is 1.00 bits per heavy atom. The van der Waals surface area contributed by atoms with Gasteiger partial charge in [-0.25, -0.2) is 0 Å². The minimum absolute atomic E-state index is 0.0296. The van der Waals surface area contributed by atoms with Crippen LogP contribution in [0.2, 0.25) is 0 Å². The maximum absolute atomic E-state index is 13.5. The van der Waals surface area contributed by atoms with Gasteiger partial charge in [-0.05, 0) is 60.4 Å². The van der Waals surface area contributed by atoms with E-state index in [1.165, 1.54) is 0 Å². The zero-order chi connectivity index (χ0) is 21.1. The quantitative estimate of drug-likeness (QED) is 0.292. The molecule has 144 valence electrons. The van der Waals surface area contributed by atoms with Crippen LogP contribution in [0.25, 0.3) is 6.08 Å². The van der Waals surface area contributed by atoms with E-state index in [4.69, 9.17) is 5.26 Å². The van der Waals surface area contributed by atoms with Gasteiger partial charge in [0.1, 0.15) is 11.6 Å². The number of thioether (sulfide) groups is 1. The molecule has 1 heterocycles. The molecule has 3 aromatic rings. The summed E-state index contributed by atoms with van der Waals surface area (Å²) >= 11 is 3.22. The average Bonchev–Trinajstić information content (AvgIpc) is 2.80. The highest BCUT2D eigenvalue weighted by Gasteiger charge is 2.30. The lowest BCUT2D eigenvalue weighted by Gasteiger charge is -2.31. The van der Waals surface area contributed by atoms with Gasteiger partial charge in [-0.15, -0.1) is 11.8 Å². The van der Waals surface area contributed by atoms with Gasteiger partial charge in [-0.2, -0.15) is 10.5 Å². The molecule has 30 heavy (non-hydrogen) atoms. The molecule has 0 unspecified atom stereocenters. The van der Waals surface area contributed by atoms with Crippen molar-refractivity contribution in [3.8, 4) is 12.1 Å². The summed E-state index contributed by atoms with van der Waals surface area (Å²) in [5, 5.41) is 18.7. The van der Waals surface area contributed by atoms with Crippen LogP contribution in [0.1, 0.15) is 11.1 Å². The first-order chi connectivity index (χ1) is 14.6. The van der Waals surface area contributed by atoms with Gasteiger partial charge < -0.3 is 0 Å².